The zero-order valence-electron chi connectivity index (χ0n) is 11.6. The Morgan fingerprint density at radius 3 is 2.57 bits per heavy atom. The summed E-state index contributed by atoms with van der Waals surface area (Å²) in [4.78, 5) is 0. The zero-order chi connectivity index (χ0) is 15.5. The molecule has 1 saturated carbocycles. The smallest absolute Gasteiger partial charge is 0.391 e. The van der Waals surface area contributed by atoms with E-state index in [4.69, 9.17) is 0 Å². The van der Waals surface area contributed by atoms with Crippen molar-refractivity contribution in [2.75, 3.05) is 11.9 Å². The summed E-state index contributed by atoms with van der Waals surface area (Å²) in [5.74, 6) is 0.548. The van der Waals surface area contributed by atoms with Gasteiger partial charge in [-0.1, -0.05) is 25.7 Å². The topological polar surface area (TPSA) is 32.3 Å². The van der Waals surface area contributed by atoms with Crippen molar-refractivity contribution in [3.05, 3.63) is 28.2 Å². The first-order valence-corrected chi connectivity index (χ1v) is 7.94. The maximum atomic E-state index is 12.7. The van der Waals surface area contributed by atoms with Gasteiger partial charge < -0.3 is 10.4 Å². The molecule has 1 aliphatic carbocycles. The second-order valence-corrected chi connectivity index (χ2v) is 6.47. The summed E-state index contributed by atoms with van der Waals surface area (Å²) in [6.07, 6.45) is 0.528. The van der Waals surface area contributed by atoms with Gasteiger partial charge in [0.05, 0.1) is 11.7 Å². The minimum atomic E-state index is -4.36. The molecular weight excluding hydrogens is 347 g/mol. The van der Waals surface area contributed by atoms with Gasteiger partial charge in [0.1, 0.15) is 0 Å². The fourth-order valence-electron chi connectivity index (χ4n) is 2.78. The molecule has 1 fully saturated rings. The molecule has 2 nitrogen and oxygen atoms in total. The molecule has 1 aromatic rings. The quantitative estimate of drug-likeness (QED) is 0.783. The van der Waals surface area contributed by atoms with E-state index >= 15 is 0 Å². The van der Waals surface area contributed by atoms with Crippen molar-refractivity contribution in [2.24, 2.45) is 5.92 Å². The Labute approximate surface area is 130 Å². The third-order valence-corrected chi connectivity index (χ3v) is 4.59. The molecule has 0 radical (unpaired) electrons. The summed E-state index contributed by atoms with van der Waals surface area (Å²) >= 11 is 3.22. The third-order valence-electron chi connectivity index (χ3n) is 3.90. The van der Waals surface area contributed by atoms with E-state index in [1.165, 1.54) is 18.9 Å². The van der Waals surface area contributed by atoms with Crippen molar-refractivity contribution in [1.82, 2.24) is 0 Å². The first-order chi connectivity index (χ1) is 9.86. The van der Waals surface area contributed by atoms with Crippen LogP contribution in [0, 0.1) is 5.92 Å². The lowest BCUT2D eigenvalue weighted by Gasteiger charge is -2.18. The predicted molar refractivity (Wildman–Crippen MR) is 80.2 cm³/mol. The maximum Gasteiger partial charge on any atom is 0.416 e. The Kier molecular flexibility index (Phi) is 5.54. The molecule has 1 unspecified atom stereocenters. The number of benzene rings is 1. The minimum absolute atomic E-state index is 0.260. The highest BCUT2D eigenvalue weighted by Gasteiger charge is 2.31. The Bertz CT molecular complexity index is 472. The monoisotopic (exact) mass is 365 g/mol. The van der Waals surface area contributed by atoms with Gasteiger partial charge in [0, 0.05) is 16.7 Å². The number of aliphatic hydroxyl groups is 1. The van der Waals surface area contributed by atoms with Crippen molar-refractivity contribution in [1.29, 1.82) is 0 Å². The molecule has 1 atom stereocenters. The number of aliphatic hydroxyl groups excluding tert-OH is 1. The molecule has 0 spiro atoms. The van der Waals surface area contributed by atoms with Crippen LogP contribution in [0.3, 0.4) is 0 Å². The van der Waals surface area contributed by atoms with E-state index in [2.05, 4.69) is 21.2 Å². The minimum Gasteiger partial charge on any atom is -0.391 e. The number of anilines is 1. The fourth-order valence-corrected chi connectivity index (χ4v) is 3.17. The van der Waals surface area contributed by atoms with Crippen molar-refractivity contribution >= 4 is 21.6 Å². The SMILES string of the molecule is OC(CNc1cc(C(F)(F)F)ccc1Br)CC1CCCC1. The molecule has 1 aromatic carbocycles. The molecule has 6 heteroatoms. The van der Waals surface area contributed by atoms with Gasteiger partial charge in [0.15, 0.2) is 0 Å². The van der Waals surface area contributed by atoms with Gasteiger partial charge in [-0.05, 0) is 46.5 Å². The summed E-state index contributed by atoms with van der Waals surface area (Å²) in [7, 11) is 0. The van der Waals surface area contributed by atoms with Crippen LogP contribution in [0.4, 0.5) is 18.9 Å². The lowest BCUT2D eigenvalue weighted by Crippen LogP contribution is -2.22. The van der Waals surface area contributed by atoms with Crippen LogP contribution in [0.2, 0.25) is 0 Å². The molecule has 0 aliphatic heterocycles. The van der Waals surface area contributed by atoms with E-state index in [9.17, 15) is 18.3 Å². The Morgan fingerprint density at radius 1 is 1.29 bits per heavy atom. The van der Waals surface area contributed by atoms with E-state index in [-0.39, 0.29) is 6.54 Å². The lowest BCUT2D eigenvalue weighted by atomic mass is 10.00. The molecule has 0 aromatic heterocycles. The number of hydrogen-bond donors (Lipinski definition) is 2. The normalized spacial score (nSPS) is 18.0. The fraction of sp³-hybridized carbons (Fsp3) is 0.600. The molecule has 0 bridgehead atoms. The third kappa shape index (κ3) is 4.88. The Morgan fingerprint density at radius 2 is 1.95 bits per heavy atom. The van der Waals surface area contributed by atoms with E-state index in [1.54, 1.807) is 0 Å². The number of halogens is 4. The molecule has 21 heavy (non-hydrogen) atoms. The molecule has 0 amide bonds. The van der Waals surface area contributed by atoms with Gasteiger partial charge in [-0.25, -0.2) is 0 Å². The van der Waals surface area contributed by atoms with Crippen LogP contribution in [0.5, 0.6) is 0 Å². The average molecular weight is 366 g/mol. The van der Waals surface area contributed by atoms with Crippen LogP contribution in [-0.2, 0) is 6.18 Å². The number of alkyl halides is 3. The van der Waals surface area contributed by atoms with Gasteiger partial charge in [0.25, 0.3) is 0 Å². The number of rotatable bonds is 5. The molecular formula is C15H19BrF3NO. The van der Waals surface area contributed by atoms with E-state index < -0.39 is 17.8 Å². The van der Waals surface area contributed by atoms with Crippen LogP contribution >= 0.6 is 15.9 Å². The van der Waals surface area contributed by atoms with E-state index in [1.807, 2.05) is 0 Å². The van der Waals surface area contributed by atoms with Gasteiger partial charge in [-0.3, -0.25) is 0 Å². The van der Waals surface area contributed by atoms with E-state index in [0.717, 1.165) is 25.0 Å². The summed E-state index contributed by atoms with van der Waals surface area (Å²) in [5.41, 5.74) is -0.339. The van der Waals surface area contributed by atoms with Crippen LogP contribution in [0.1, 0.15) is 37.7 Å². The first-order valence-electron chi connectivity index (χ1n) is 7.15. The van der Waals surface area contributed by atoms with Gasteiger partial charge in [-0.2, -0.15) is 13.2 Å². The molecule has 0 saturated heterocycles. The summed E-state index contributed by atoms with van der Waals surface area (Å²) in [6.45, 7) is 0.260. The molecule has 118 valence electrons. The summed E-state index contributed by atoms with van der Waals surface area (Å²) in [6, 6.07) is 3.46. The van der Waals surface area contributed by atoms with Crippen molar-refractivity contribution in [2.45, 2.75) is 44.4 Å². The van der Waals surface area contributed by atoms with Crippen molar-refractivity contribution < 1.29 is 18.3 Å². The average Bonchev–Trinajstić information content (AvgIpc) is 2.89. The van der Waals surface area contributed by atoms with Gasteiger partial charge in [-0.15, -0.1) is 0 Å². The van der Waals surface area contributed by atoms with Crippen molar-refractivity contribution in [3.63, 3.8) is 0 Å². The summed E-state index contributed by atoms with van der Waals surface area (Å²) < 4.78 is 38.6. The molecule has 2 N–H and O–H groups in total. The highest BCUT2D eigenvalue weighted by atomic mass is 79.9. The van der Waals surface area contributed by atoms with Gasteiger partial charge >= 0.3 is 6.18 Å². The standard InChI is InChI=1S/C15H19BrF3NO/c16-13-6-5-11(15(17,18)19)8-14(13)20-9-12(21)7-10-3-1-2-4-10/h5-6,8,10,12,20-21H,1-4,7,9H2. The van der Waals surface area contributed by atoms with Crippen LogP contribution in [-0.4, -0.2) is 17.8 Å². The van der Waals surface area contributed by atoms with Crippen LogP contribution < -0.4 is 5.32 Å². The van der Waals surface area contributed by atoms with Crippen LogP contribution in [0.25, 0.3) is 0 Å². The maximum absolute atomic E-state index is 12.7. The zero-order valence-corrected chi connectivity index (χ0v) is 13.2. The highest BCUT2D eigenvalue weighted by Crippen LogP contribution is 2.34. The number of nitrogens with one attached hydrogen (secondary N) is 1. The molecule has 2 rings (SSSR count). The molecule has 1 aliphatic rings. The predicted octanol–water partition coefficient (Wildman–Crippen LogP) is 4.82. The number of hydrogen-bond acceptors (Lipinski definition) is 2. The molecule has 0 heterocycles. The Hall–Kier alpha value is -0.750. The largest absolute Gasteiger partial charge is 0.416 e. The van der Waals surface area contributed by atoms with Gasteiger partial charge in [0.2, 0.25) is 0 Å². The Balaban J connectivity index is 1.92. The van der Waals surface area contributed by atoms with E-state index in [0.29, 0.717) is 22.5 Å². The summed E-state index contributed by atoms with van der Waals surface area (Å²) in [5, 5.41) is 12.9. The van der Waals surface area contributed by atoms with Crippen LogP contribution in [0.15, 0.2) is 22.7 Å². The first kappa shape index (κ1) is 16.6. The second-order valence-electron chi connectivity index (χ2n) is 5.61. The highest BCUT2D eigenvalue weighted by molar-refractivity contribution is 9.10. The second kappa shape index (κ2) is 7.01. The van der Waals surface area contributed by atoms with Crippen molar-refractivity contribution in [3.8, 4) is 0 Å². The lowest BCUT2D eigenvalue weighted by molar-refractivity contribution is -0.137.